The van der Waals surface area contributed by atoms with Crippen molar-refractivity contribution in [3.63, 3.8) is 0 Å². The zero-order valence-corrected chi connectivity index (χ0v) is 18.9. The number of esters is 1. The van der Waals surface area contributed by atoms with Gasteiger partial charge in [-0.15, -0.1) is 0 Å². The first-order valence-corrected chi connectivity index (χ1v) is 12.3. The van der Waals surface area contributed by atoms with Crippen molar-refractivity contribution >= 4 is 5.97 Å². The number of hydrogen-bond acceptors (Lipinski definition) is 3. The molecule has 3 nitrogen and oxygen atoms in total. The van der Waals surface area contributed by atoms with E-state index in [9.17, 15) is 4.79 Å². The summed E-state index contributed by atoms with van der Waals surface area (Å²) in [5.74, 6) is -0.213. The quantitative estimate of drug-likeness (QED) is 0.151. The molecule has 0 saturated heterocycles. The molecule has 1 atom stereocenters. The molecule has 0 aliphatic rings. The highest BCUT2D eigenvalue weighted by atomic mass is 16.5. The second-order valence-corrected chi connectivity index (χ2v) is 8.45. The maximum absolute atomic E-state index is 11.4. The van der Waals surface area contributed by atoms with Gasteiger partial charge in [-0.3, -0.25) is 4.79 Å². The summed E-state index contributed by atoms with van der Waals surface area (Å²) in [4.78, 5) is 11.4. The summed E-state index contributed by atoms with van der Waals surface area (Å²) in [6, 6.07) is 0. The first kappa shape index (κ1) is 27.4. The van der Waals surface area contributed by atoms with E-state index >= 15 is 0 Å². The van der Waals surface area contributed by atoms with Crippen LogP contribution in [0.4, 0.5) is 0 Å². The number of carbonyl (C=O) groups excluding carboxylic acids is 1. The van der Waals surface area contributed by atoms with Gasteiger partial charge in [0, 0.05) is 6.42 Å². The summed E-state index contributed by atoms with van der Waals surface area (Å²) >= 11 is 0. The molecule has 0 spiro atoms. The highest BCUT2D eigenvalue weighted by molar-refractivity contribution is 5.69. The Balaban J connectivity index is 3.07. The van der Waals surface area contributed by atoms with Gasteiger partial charge in [-0.05, 0) is 13.3 Å². The van der Waals surface area contributed by atoms with Crippen molar-refractivity contribution < 1.29 is 14.6 Å². The van der Waals surface area contributed by atoms with Gasteiger partial charge in [-0.2, -0.15) is 0 Å². The number of rotatable bonds is 22. The number of unbranched alkanes of at least 4 members (excludes halogenated alkanes) is 18. The molecule has 0 amide bonds. The van der Waals surface area contributed by atoms with Gasteiger partial charge in [0.1, 0.15) is 6.61 Å². The topological polar surface area (TPSA) is 46.5 Å². The first-order valence-electron chi connectivity index (χ1n) is 12.3. The van der Waals surface area contributed by atoms with Gasteiger partial charge in [-0.1, -0.05) is 122 Å². The predicted molar refractivity (Wildman–Crippen MR) is 120 cm³/mol. The maximum atomic E-state index is 11.4. The van der Waals surface area contributed by atoms with Crippen LogP contribution in [0.3, 0.4) is 0 Å². The van der Waals surface area contributed by atoms with Gasteiger partial charge in [0.15, 0.2) is 0 Å². The van der Waals surface area contributed by atoms with Crippen LogP contribution in [0, 0.1) is 6.92 Å². The van der Waals surface area contributed by atoms with E-state index in [0.717, 1.165) is 12.8 Å². The van der Waals surface area contributed by atoms with E-state index < -0.39 is 6.10 Å². The Bertz CT molecular complexity index is 315. The van der Waals surface area contributed by atoms with E-state index in [1.165, 1.54) is 109 Å². The minimum absolute atomic E-state index is 0.0119. The van der Waals surface area contributed by atoms with Gasteiger partial charge < -0.3 is 9.84 Å². The minimum Gasteiger partial charge on any atom is -0.463 e. The van der Waals surface area contributed by atoms with Crippen LogP contribution in [-0.4, -0.2) is 23.8 Å². The van der Waals surface area contributed by atoms with Crippen molar-refractivity contribution in [3.05, 3.63) is 6.92 Å². The number of ether oxygens (including phenoxy) is 1. The number of carbonyl (C=O) groups is 1. The molecule has 0 aromatic rings. The van der Waals surface area contributed by atoms with Crippen LogP contribution in [0.25, 0.3) is 0 Å². The van der Waals surface area contributed by atoms with Crippen LogP contribution >= 0.6 is 0 Å². The van der Waals surface area contributed by atoms with Crippen LogP contribution in [0.2, 0.25) is 0 Å². The smallest absolute Gasteiger partial charge is 0.305 e. The lowest BCUT2D eigenvalue weighted by Gasteiger charge is -2.06. The molecule has 0 aliphatic heterocycles. The second kappa shape index (κ2) is 22.7. The van der Waals surface area contributed by atoms with Crippen molar-refractivity contribution in [3.8, 4) is 0 Å². The van der Waals surface area contributed by atoms with E-state index in [1.54, 1.807) is 0 Å². The van der Waals surface area contributed by atoms with E-state index in [0.29, 0.717) is 6.42 Å². The second-order valence-electron chi connectivity index (χ2n) is 8.45. The summed E-state index contributed by atoms with van der Waals surface area (Å²) in [6.07, 6.45) is 25.3. The zero-order valence-electron chi connectivity index (χ0n) is 18.9. The average Bonchev–Trinajstić information content (AvgIpc) is 2.68. The zero-order chi connectivity index (χ0) is 20.7. The molecule has 1 N–H and O–H groups in total. The van der Waals surface area contributed by atoms with Crippen LogP contribution in [0.5, 0.6) is 0 Å². The third-order valence-electron chi connectivity index (χ3n) is 5.42. The Hall–Kier alpha value is -0.570. The summed E-state index contributed by atoms with van der Waals surface area (Å²) in [6.45, 7) is 5.67. The van der Waals surface area contributed by atoms with Crippen molar-refractivity contribution in [2.45, 2.75) is 141 Å². The predicted octanol–water partition coefficient (Wildman–Crippen LogP) is 7.55. The SMILES string of the molecule is [CH2]C(O)COC(=O)CCCCCCCCCCCCCCCCCCCCC. The first-order chi connectivity index (χ1) is 13.7. The maximum Gasteiger partial charge on any atom is 0.305 e. The molecule has 0 rings (SSSR count). The van der Waals surface area contributed by atoms with Crippen LogP contribution in [0.1, 0.15) is 135 Å². The Morgan fingerprint density at radius 2 is 1.00 bits per heavy atom. The minimum atomic E-state index is -0.811. The van der Waals surface area contributed by atoms with Gasteiger partial charge in [0.25, 0.3) is 0 Å². The summed E-state index contributed by atoms with van der Waals surface area (Å²) in [7, 11) is 0. The summed E-state index contributed by atoms with van der Waals surface area (Å²) in [5.41, 5.74) is 0. The molecule has 167 valence electrons. The van der Waals surface area contributed by atoms with Gasteiger partial charge in [0.05, 0.1) is 6.10 Å². The fraction of sp³-hybridized carbons (Fsp3) is 0.920. The third-order valence-corrected chi connectivity index (χ3v) is 5.42. The fourth-order valence-electron chi connectivity index (χ4n) is 3.61. The molecule has 28 heavy (non-hydrogen) atoms. The summed E-state index contributed by atoms with van der Waals surface area (Å²) in [5, 5.41) is 8.95. The van der Waals surface area contributed by atoms with Crippen molar-refractivity contribution in [1.29, 1.82) is 0 Å². The molecule has 0 fully saturated rings. The van der Waals surface area contributed by atoms with E-state index in [-0.39, 0.29) is 12.6 Å². The molecular weight excluding hydrogens is 348 g/mol. The van der Waals surface area contributed by atoms with Crippen molar-refractivity contribution in [2.75, 3.05) is 6.61 Å². The molecule has 0 aromatic heterocycles. The molecular formula is C25H49O3. The van der Waals surface area contributed by atoms with Crippen LogP contribution in [0.15, 0.2) is 0 Å². The molecule has 0 heterocycles. The van der Waals surface area contributed by atoms with Gasteiger partial charge >= 0.3 is 5.97 Å². The average molecular weight is 398 g/mol. The van der Waals surface area contributed by atoms with Gasteiger partial charge in [0.2, 0.25) is 0 Å². The molecule has 0 aliphatic carbocycles. The third kappa shape index (κ3) is 23.5. The number of aliphatic hydroxyl groups is 1. The van der Waals surface area contributed by atoms with Crippen LogP contribution in [-0.2, 0) is 9.53 Å². The van der Waals surface area contributed by atoms with E-state index in [1.807, 2.05) is 0 Å². The Kier molecular flexibility index (Phi) is 22.3. The molecule has 1 unspecified atom stereocenters. The Morgan fingerprint density at radius 1 is 0.679 bits per heavy atom. The molecule has 0 aromatic carbocycles. The van der Waals surface area contributed by atoms with E-state index in [2.05, 4.69) is 13.8 Å². The fourth-order valence-corrected chi connectivity index (χ4v) is 3.61. The lowest BCUT2D eigenvalue weighted by molar-refractivity contribution is -0.146. The number of aliphatic hydroxyl groups excluding tert-OH is 1. The molecule has 1 radical (unpaired) electrons. The largest absolute Gasteiger partial charge is 0.463 e. The molecule has 3 heteroatoms. The van der Waals surface area contributed by atoms with Gasteiger partial charge in [-0.25, -0.2) is 0 Å². The number of hydrogen-bond donors (Lipinski definition) is 1. The van der Waals surface area contributed by atoms with E-state index in [4.69, 9.17) is 9.84 Å². The Morgan fingerprint density at radius 3 is 1.32 bits per heavy atom. The van der Waals surface area contributed by atoms with Crippen molar-refractivity contribution in [1.82, 2.24) is 0 Å². The highest BCUT2D eigenvalue weighted by Gasteiger charge is 2.04. The van der Waals surface area contributed by atoms with Crippen LogP contribution < -0.4 is 0 Å². The highest BCUT2D eigenvalue weighted by Crippen LogP contribution is 2.14. The lowest BCUT2D eigenvalue weighted by atomic mass is 10.0. The Labute approximate surface area is 176 Å². The summed E-state index contributed by atoms with van der Waals surface area (Å²) < 4.78 is 4.89. The standard InChI is InChI=1S/C25H49O3/c1-3-4-5-6-7-8-9-10-11-12-13-14-15-16-17-18-19-20-21-22-25(27)28-23-24(2)26/h24,26H,2-23H2,1H3. The molecule has 0 saturated carbocycles. The monoisotopic (exact) mass is 397 g/mol. The molecule has 0 bridgehead atoms. The lowest BCUT2D eigenvalue weighted by Crippen LogP contribution is -2.15. The van der Waals surface area contributed by atoms with Crippen molar-refractivity contribution in [2.24, 2.45) is 0 Å². The normalized spacial score (nSPS) is 12.2.